The number of nitrogens with one attached hydrogen (secondary N) is 3. The molecular formula is C22H21N3O3. The predicted octanol–water partition coefficient (Wildman–Crippen LogP) is 3.27. The van der Waals surface area contributed by atoms with Crippen LogP contribution in [0.3, 0.4) is 0 Å². The third kappa shape index (κ3) is 4.15. The minimum Gasteiger partial charge on any atom is -0.481 e. The lowest BCUT2D eigenvalue weighted by molar-refractivity contribution is -0.113. The van der Waals surface area contributed by atoms with Gasteiger partial charge in [-0.3, -0.25) is 4.79 Å². The topological polar surface area (TPSA) is 79.5 Å². The number of urea groups is 1. The van der Waals surface area contributed by atoms with Crippen LogP contribution in [-0.2, 0) is 4.79 Å². The summed E-state index contributed by atoms with van der Waals surface area (Å²) in [7, 11) is 0. The molecule has 0 bridgehead atoms. The first-order chi connectivity index (χ1) is 13.5. The first-order valence-corrected chi connectivity index (χ1v) is 8.81. The standard InChI is InChI=1S/C22H21N3O3/c1-4-13-28-17-11-9-16(10-12-17)20-19(15(3)23-22(27)25-20)21(26)24-18-8-6-5-7-14(18)2/h1,5-12,20H,13H2,2-3H3,(H,24,26)(H2,23,25,27)/t20-/m1/s1. The van der Waals surface area contributed by atoms with Crippen LogP contribution in [0, 0.1) is 19.3 Å². The molecule has 1 atom stereocenters. The Balaban J connectivity index is 1.89. The zero-order valence-corrected chi connectivity index (χ0v) is 15.7. The maximum atomic E-state index is 13.0. The average Bonchev–Trinajstić information content (AvgIpc) is 2.68. The second-order valence-electron chi connectivity index (χ2n) is 6.40. The Hall–Kier alpha value is -3.72. The van der Waals surface area contributed by atoms with E-state index >= 15 is 0 Å². The molecule has 2 aromatic carbocycles. The van der Waals surface area contributed by atoms with E-state index in [0.717, 1.165) is 16.8 Å². The van der Waals surface area contributed by atoms with Crippen LogP contribution < -0.4 is 20.7 Å². The number of aryl methyl sites for hydroxylation is 1. The molecule has 28 heavy (non-hydrogen) atoms. The number of para-hydroxylation sites is 1. The first kappa shape index (κ1) is 19.1. The highest BCUT2D eigenvalue weighted by Crippen LogP contribution is 2.29. The van der Waals surface area contributed by atoms with Crippen LogP contribution in [0.5, 0.6) is 5.75 Å². The lowest BCUT2D eigenvalue weighted by atomic mass is 9.94. The van der Waals surface area contributed by atoms with E-state index in [9.17, 15) is 9.59 Å². The predicted molar refractivity (Wildman–Crippen MR) is 108 cm³/mol. The van der Waals surface area contributed by atoms with Crippen molar-refractivity contribution in [2.24, 2.45) is 0 Å². The molecule has 0 saturated heterocycles. The van der Waals surface area contributed by atoms with Crippen LogP contribution in [0.25, 0.3) is 0 Å². The van der Waals surface area contributed by atoms with Gasteiger partial charge in [-0.2, -0.15) is 0 Å². The first-order valence-electron chi connectivity index (χ1n) is 8.81. The van der Waals surface area contributed by atoms with Gasteiger partial charge in [0, 0.05) is 11.4 Å². The summed E-state index contributed by atoms with van der Waals surface area (Å²) in [5.74, 6) is 2.75. The molecule has 2 aromatic rings. The second-order valence-corrected chi connectivity index (χ2v) is 6.40. The van der Waals surface area contributed by atoms with Gasteiger partial charge in [0.15, 0.2) is 0 Å². The van der Waals surface area contributed by atoms with Crippen LogP contribution >= 0.6 is 0 Å². The van der Waals surface area contributed by atoms with Gasteiger partial charge in [-0.1, -0.05) is 36.3 Å². The van der Waals surface area contributed by atoms with Crippen LogP contribution in [0.15, 0.2) is 59.8 Å². The van der Waals surface area contributed by atoms with Crippen molar-refractivity contribution in [1.29, 1.82) is 0 Å². The Morgan fingerprint density at radius 3 is 2.57 bits per heavy atom. The summed E-state index contributed by atoms with van der Waals surface area (Å²) in [4.78, 5) is 25.0. The maximum Gasteiger partial charge on any atom is 0.319 e. The third-order valence-corrected chi connectivity index (χ3v) is 4.44. The van der Waals surface area contributed by atoms with E-state index in [1.807, 2.05) is 31.2 Å². The molecule has 0 unspecified atom stereocenters. The van der Waals surface area contributed by atoms with Crippen molar-refractivity contribution in [3.8, 4) is 18.1 Å². The molecule has 0 spiro atoms. The Bertz CT molecular complexity index is 971. The van der Waals surface area contributed by atoms with Crippen molar-refractivity contribution in [1.82, 2.24) is 10.6 Å². The van der Waals surface area contributed by atoms with Crippen molar-refractivity contribution >= 4 is 17.6 Å². The maximum absolute atomic E-state index is 13.0. The van der Waals surface area contributed by atoms with Crippen molar-refractivity contribution in [3.05, 3.63) is 70.9 Å². The summed E-state index contributed by atoms with van der Waals surface area (Å²) in [5.41, 5.74) is 3.39. The molecule has 1 heterocycles. The summed E-state index contributed by atoms with van der Waals surface area (Å²) < 4.78 is 5.38. The summed E-state index contributed by atoms with van der Waals surface area (Å²) in [6, 6.07) is 13.7. The van der Waals surface area contributed by atoms with E-state index in [1.54, 1.807) is 31.2 Å². The molecule has 3 rings (SSSR count). The van der Waals surface area contributed by atoms with E-state index in [4.69, 9.17) is 11.2 Å². The van der Waals surface area contributed by atoms with Crippen LogP contribution in [0.2, 0.25) is 0 Å². The fraction of sp³-hybridized carbons (Fsp3) is 0.182. The molecule has 0 radical (unpaired) electrons. The van der Waals surface area contributed by atoms with Crippen molar-refractivity contribution < 1.29 is 14.3 Å². The van der Waals surface area contributed by atoms with Gasteiger partial charge in [0.25, 0.3) is 5.91 Å². The highest BCUT2D eigenvalue weighted by Gasteiger charge is 2.31. The highest BCUT2D eigenvalue weighted by molar-refractivity contribution is 6.07. The molecule has 3 amide bonds. The van der Waals surface area contributed by atoms with E-state index in [0.29, 0.717) is 17.0 Å². The summed E-state index contributed by atoms with van der Waals surface area (Å²) in [6.07, 6.45) is 5.20. The molecule has 1 aliphatic heterocycles. The fourth-order valence-corrected chi connectivity index (χ4v) is 3.03. The van der Waals surface area contributed by atoms with E-state index in [-0.39, 0.29) is 18.5 Å². The number of carbonyl (C=O) groups excluding carboxylic acids is 2. The highest BCUT2D eigenvalue weighted by atomic mass is 16.5. The largest absolute Gasteiger partial charge is 0.481 e. The molecule has 142 valence electrons. The van der Waals surface area contributed by atoms with E-state index in [1.165, 1.54) is 0 Å². The number of ether oxygens (including phenoxy) is 1. The van der Waals surface area contributed by atoms with Crippen molar-refractivity contribution in [3.63, 3.8) is 0 Å². The number of rotatable bonds is 5. The second kappa shape index (κ2) is 8.31. The zero-order chi connectivity index (χ0) is 20.1. The number of carbonyl (C=O) groups is 2. The molecular weight excluding hydrogens is 354 g/mol. The van der Waals surface area contributed by atoms with E-state index < -0.39 is 6.04 Å². The average molecular weight is 375 g/mol. The minimum absolute atomic E-state index is 0.173. The van der Waals surface area contributed by atoms with Crippen LogP contribution in [-0.4, -0.2) is 18.5 Å². The SMILES string of the molecule is C#CCOc1ccc([C@H]2NC(=O)NC(C)=C2C(=O)Nc2ccccc2C)cc1. The van der Waals surface area contributed by atoms with Crippen molar-refractivity contribution in [2.75, 3.05) is 11.9 Å². The fourth-order valence-electron chi connectivity index (χ4n) is 3.03. The van der Waals surface area contributed by atoms with Gasteiger partial charge in [-0.15, -0.1) is 6.42 Å². The number of benzene rings is 2. The summed E-state index contributed by atoms with van der Waals surface area (Å²) >= 11 is 0. The monoisotopic (exact) mass is 375 g/mol. The van der Waals surface area contributed by atoms with Crippen LogP contribution in [0.4, 0.5) is 10.5 Å². The molecule has 0 aromatic heterocycles. The summed E-state index contributed by atoms with van der Waals surface area (Å²) in [5, 5.41) is 8.42. The molecule has 0 fully saturated rings. The molecule has 6 nitrogen and oxygen atoms in total. The van der Waals surface area contributed by atoms with Gasteiger partial charge in [0.05, 0.1) is 11.6 Å². The summed E-state index contributed by atoms with van der Waals surface area (Å²) in [6.45, 7) is 3.81. The van der Waals surface area contributed by atoms with E-state index in [2.05, 4.69) is 21.9 Å². The normalized spacial score (nSPS) is 15.9. The number of amides is 3. The number of terminal acetylenes is 1. The molecule has 0 aliphatic carbocycles. The molecule has 0 saturated carbocycles. The van der Waals surface area contributed by atoms with Gasteiger partial charge in [-0.05, 0) is 43.2 Å². The Morgan fingerprint density at radius 2 is 1.89 bits per heavy atom. The lowest BCUT2D eigenvalue weighted by Gasteiger charge is -2.29. The van der Waals surface area contributed by atoms with Gasteiger partial charge in [0.1, 0.15) is 12.4 Å². The van der Waals surface area contributed by atoms with Gasteiger partial charge < -0.3 is 20.7 Å². The zero-order valence-electron chi connectivity index (χ0n) is 15.7. The Labute approximate surface area is 164 Å². The molecule has 6 heteroatoms. The quantitative estimate of drug-likeness (QED) is 0.702. The third-order valence-electron chi connectivity index (χ3n) is 4.44. The van der Waals surface area contributed by atoms with Gasteiger partial charge in [-0.25, -0.2) is 4.79 Å². The number of anilines is 1. The van der Waals surface area contributed by atoms with Crippen LogP contribution in [0.1, 0.15) is 24.1 Å². The van der Waals surface area contributed by atoms with Gasteiger partial charge >= 0.3 is 6.03 Å². The number of hydrogen-bond acceptors (Lipinski definition) is 3. The minimum atomic E-state index is -0.584. The Morgan fingerprint density at radius 1 is 1.18 bits per heavy atom. The lowest BCUT2D eigenvalue weighted by Crippen LogP contribution is -2.46. The molecule has 3 N–H and O–H groups in total. The molecule has 1 aliphatic rings. The van der Waals surface area contributed by atoms with Crippen molar-refractivity contribution in [2.45, 2.75) is 19.9 Å². The smallest absolute Gasteiger partial charge is 0.319 e. The number of hydrogen-bond donors (Lipinski definition) is 3. The number of allylic oxidation sites excluding steroid dienone is 1. The Kier molecular flexibility index (Phi) is 5.66. The van der Waals surface area contributed by atoms with Gasteiger partial charge in [0.2, 0.25) is 0 Å².